The summed E-state index contributed by atoms with van der Waals surface area (Å²) in [7, 11) is 0. The maximum absolute atomic E-state index is 12.1. The van der Waals surface area contributed by atoms with Crippen molar-refractivity contribution in [3.63, 3.8) is 0 Å². The number of nitrogens with one attached hydrogen (secondary N) is 1. The second kappa shape index (κ2) is 8.67. The Kier molecular flexibility index (Phi) is 7.23. The number of carboxylic acids is 1. The predicted octanol–water partition coefficient (Wildman–Crippen LogP) is 3.66. The molecule has 0 aliphatic carbocycles. The molecule has 0 aromatic heterocycles. The fraction of sp³-hybridized carbons (Fsp3) is 0.500. The van der Waals surface area contributed by atoms with Gasteiger partial charge in [-0.2, -0.15) is 0 Å². The number of carboxylic acid groups (broad SMARTS) is 1. The van der Waals surface area contributed by atoms with Crippen LogP contribution in [-0.4, -0.2) is 23.5 Å². The van der Waals surface area contributed by atoms with Crippen molar-refractivity contribution < 1.29 is 14.7 Å². The molecule has 21 heavy (non-hydrogen) atoms. The monoisotopic (exact) mass is 311 g/mol. The molecule has 2 N–H and O–H groups in total. The van der Waals surface area contributed by atoms with Gasteiger partial charge in [0.25, 0.3) is 5.91 Å². The van der Waals surface area contributed by atoms with E-state index in [0.29, 0.717) is 29.5 Å². The molecule has 0 bridgehead atoms. The zero-order valence-electron chi connectivity index (χ0n) is 12.5. The summed E-state index contributed by atoms with van der Waals surface area (Å²) in [5.41, 5.74) is 1.47. The predicted molar refractivity (Wildman–Crippen MR) is 83.8 cm³/mol. The molecule has 0 fully saturated rings. The maximum Gasteiger partial charge on any atom is 0.303 e. The Hall–Kier alpha value is -1.55. The van der Waals surface area contributed by atoms with Crippen LogP contribution in [0.25, 0.3) is 0 Å². The highest BCUT2D eigenvalue weighted by atomic mass is 35.5. The lowest BCUT2D eigenvalue weighted by atomic mass is 9.96. The van der Waals surface area contributed by atoms with Gasteiger partial charge in [-0.25, -0.2) is 0 Å². The van der Waals surface area contributed by atoms with Crippen molar-refractivity contribution in [2.24, 2.45) is 5.92 Å². The summed E-state index contributed by atoms with van der Waals surface area (Å²) in [5, 5.41) is 12.2. The van der Waals surface area contributed by atoms with E-state index < -0.39 is 5.97 Å². The van der Waals surface area contributed by atoms with Gasteiger partial charge >= 0.3 is 5.97 Å². The number of hydrogen-bond acceptors (Lipinski definition) is 2. The number of halogens is 1. The maximum atomic E-state index is 12.1. The lowest BCUT2D eigenvalue weighted by molar-refractivity contribution is -0.137. The van der Waals surface area contributed by atoms with Gasteiger partial charge in [-0.05, 0) is 49.4 Å². The van der Waals surface area contributed by atoms with Crippen LogP contribution < -0.4 is 5.32 Å². The first-order chi connectivity index (χ1) is 9.93. The van der Waals surface area contributed by atoms with Crippen LogP contribution in [0, 0.1) is 12.8 Å². The van der Waals surface area contributed by atoms with Gasteiger partial charge in [-0.1, -0.05) is 24.9 Å². The van der Waals surface area contributed by atoms with Crippen molar-refractivity contribution in [1.29, 1.82) is 0 Å². The average molecular weight is 312 g/mol. The van der Waals surface area contributed by atoms with E-state index in [9.17, 15) is 9.59 Å². The van der Waals surface area contributed by atoms with Gasteiger partial charge in [0.15, 0.2) is 0 Å². The summed E-state index contributed by atoms with van der Waals surface area (Å²) in [4.78, 5) is 22.6. The Labute approximate surface area is 130 Å². The Morgan fingerprint density at radius 1 is 1.33 bits per heavy atom. The van der Waals surface area contributed by atoms with Crippen LogP contribution in [0.15, 0.2) is 18.2 Å². The summed E-state index contributed by atoms with van der Waals surface area (Å²) < 4.78 is 0. The van der Waals surface area contributed by atoms with Crippen molar-refractivity contribution >= 4 is 23.5 Å². The Morgan fingerprint density at radius 3 is 2.62 bits per heavy atom. The summed E-state index contributed by atoms with van der Waals surface area (Å²) in [6, 6.07) is 5.18. The van der Waals surface area contributed by atoms with Gasteiger partial charge in [-0.3, -0.25) is 9.59 Å². The van der Waals surface area contributed by atoms with Gasteiger partial charge in [0, 0.05) is 23.6 Å². The third-order valence-electron chi connectivity index (χ3n) is 3.62. The average Bonchev–Trinajstić information content (AvgIpc) is 2.42. The van der Waals surface area contributed by atoms with Crippen molar-refractivity contribution in [3.8, 4) is 0 Å². The van der Waals surface area contributed by atoms with Gasteiger partial charge in [0.05, 0.1) is 0 Å². The molecule has 0 heterocycles. The lowest BCUT2D eigenvalue weighted by Crippen LogP contribution is -2.26. The van der Waals surface area contributed by atoms with Crippen molar-refractivity contribution in [2.45, 2.75) is 39.5 Å². The molecular formula is C16H22ClNO3. The lowest BCUT2D eigenvalue weighted by Gasteiger charge is -2.14. The Bertz CT molecular complexity index is 502. The molecule has 116 valence electrons. The fourth-order valence-electron chi connectivity index (χ4n) is 2.25. The van der Waals surface area contributed by atoms with Crippen LogP contribution in [0.3, 0.4) is 0 Å². The number of aryl methyl sites for hydroxylation is 1. The molecule has 5 heteroatoms. The highest BCUT2D eigenvalue weighted by molar-refractivity contribution is 6.30. The molecular weight excluding hydrogens is 290 g/mol. The topological polar surface area (TPSA) is 66.4 Å². The van der Waals surface area contributed by atoms with Crippen LogP contribution >= 0.6 is 11.6 Å². The third kappa shape index (κ3) is 6.17. The van der Waals surface area contributed by atoms with Gasteiger partial charge in [0.2, 0.25) is 0 Å². The molecule has 0 aliphatic heterocycles. The van der Waals surface area contributed by atoms with E-state index in [0.717, 1.165) is 18.4 Å². The standard InChI is InChI=1S/C16H22ClNO3/c1-3-12(4-7-15(19)20)8-9-18-16(21)14-6-5-13(17)10-11(14)2/h5-6,10,12H,3-4,7-9H2,1-2H3,(H,18,21)(H,19,20). The highest BCUT2D eigenvalue weighted by Crippen LogP contribution is 2.16. The molecule has 1 amide bonds. The second-order valence-electron chi connectivity index (χ2n) is 5.21. The molecule has 1 aromatic rings. The van der Waals surface area contributed by atoms with Gasteiger partial charge < -0.3 is 10.4 Å². The molecule has 0 spiro atoms. The van der Waals surface area contributed by atoms with Gasteiger partial charge in [-0.15, -0.1) is 0 Å². The second-order valence-corrected chi connectivity index (χ2v) is 5.65. The van der Waals surface area contributed by atoms with Crippen LogP contribution in [0.5, 0.6) is 0 Å². The number of hydrogen-bond donors (Lipinski definition) is 2. The quantitative estimate of drug-likeness (QED) is 0.770. The largest absolute Gasteiger partial charge is 0.481 e. The summed E-state index contributed by atoms with van der Waals surface area (Å²) in [5.74, 6) is -0.556. The van der Waals surface area contributed by atoms with Crippen molar-refractivity contribution in [3.05, 3.63) is 34.3 Å². The van der Waals surface area contributed by atoms with Crippen LogP contribution in [0.4, 0.5) is 0 Å². The molecule has 0 radical (unpaired) electrons. The zero-order chi connectivity index (χ0) is 15.8. The molecule has 1 rings (SSSR count). The smallest absolute Gasteiger partial charge is 0.303 e. The first-order valence-corrected chi connectivity index (χ1v) is 7.58. The molecule has 0 saturated carbocycles. The minimum atomic E-state index is -0.769. The van der Waals surface area contributed by atoms with Crippen LogP contribution in [0.2, 0.25) is 5.02 Å². The van der Waals surface area contributed by atoms with Crippen LogP contribution in [0.1, 0.15) is 48.5 Å². The number of carbonyl (C=O) groups excluding carboxylic acids is 1. The van der Waals surface area contributed by atoms with Gasteiger partial charge in [0.1, 0.15) is 0 Å². The zero-order valence-corrected chi connectivity index (χ0v) is 13.2. The number of carbonyl (C=O) groups is 2. The third-order valence-corrected chi connectivity index (χ3v) is 3.85. The summed E-state index contributed by atoms with van der Waals surface area (Å²) >= 11 is 5.87. The molecule has 0 aliphatic rings. The van der Waals surface area contributed by atoms with Crippen molar-refractivity contribution in [1.82, 2.24) is 5.32 Å². The molecule has 1 atom stereocenters. The molecule has 1 unspecified atom stereocenters. The molecule has 0 saturated heterocycles. The number of benzene rings is 1. The number of amides is 1. The Morgan fingerprint density at radius 2 is 2.05 bits per heavy atom. The van der Waals surface area contributed by atoms with E-state index in [4.69, 9.17) is 16.7 Å². The summed E-state index contributed by atoms with van der Waals surface area (Å²) in [6.45, 7) is 4.44. The molecule has 1 aromatic carbocycles. The van der Waals surface area contributed by atoms with Crippen LogP contribution in [-0.2, 0) is 4.79 Å². The molecule has 4 nitrogen and oxygen atoms in total. The van der Waals surface area contributed by atoms with E-state index >= 15 is 0 Å². The first-order valence-electron chi connectivity index (χ1n) is 7.20. The number of aliphatic carboxylic acids is 1. The minimum absolute atomic E-state index is 0.114. The van der Waals surface area contributed by atoms with E-state index in [1.54, 1.807) is 18.2 Å². The first kappa shape index (κ1) is 17.5. The normalized spacial score (nSPS) is 12.0. The van der Waals surface area contributed by atoms with E-state index in [1.165, 1.54) is 0 Å². The van der Waals surface area contributed by atoms with E-state index in [1.807, 2.05) is 13.8 Å². The SMILES string of the molecule is CCC(CCNC(=O)c1ccc(Cl)cc1C)CCC(=O)O. The Balaban J connectivity index is 2.43. The fourth-order valence-corrected chi connectivity index (χ4v) is 2.47. The van der Waals surface area contributed by atoms with E-state index in [2.05, 4.69) is 5.32 Å². The minimum Gasteiger partial charge on any atom is -0.481 e. The summed E-state index contributed by atoms with van der Waals surface area (Å²) in [6.07, 6.45) is 2.55. The van der Waals surface area contributed by atoms with E-state index in [-0.39, 0.29) is 12.3 Å². The number of rotatable bonds is 8. The highest BCUT2D eigenvalue weighted by Gasteiger charge is 2.12. The van der Waals surface area contributed by atoms with Crippen molar-refractivity contribution in [2.75, 3.05) is 6.54 Å².